The molecule has 0 aliphatic heterocycles. The zero-order chi connectivity index (χ0) is 12.8. The van der Waals surface area contributed by atoms with Crippen LogP contribution in [0.2, 0.25) is 0 Å². The molecule has 1 rings (SSSR count). The van der Waals surface area contributed by atoms with Gasteiger partial charge in [-0.05, 0) is 13.0 Å². The van der Waals surface area contributed by atoms with E-state index in [1.807, 2.05) is 0 Å². The zero-order valence-corrected chi connectivity index (χ0v) is 9.56. The van der Waals surface area contributed by atoms with Crippen molar-refractivity contribution in [1.82, 2.24) is 5.32 Å². The van der Waals surface area contributed by atoms with E-state index in [2.05, 4.69) is 5.32 Å². The molecule has 2 unspecified atom stereocenters. The number of hydrogen-bond donors (Lipinski definition) is 3. The molecule has 0 heterocycles. The number of nitrogens with one attached hydrogen (secondary N) is 1. The lowest BCUT2D eigenvalue weighted by atomic mass is 10.1. The fraction of sp³-hybridized carbons (Fsp3) is 0.417. The lowest BCUT2D eigenvalue weighted by Crippen LogP contribution is -2.31. The molecule has 0 aliphatic rings. The summed E-state index contributed by atoms with van der Waals surface area (Å²) in [6, 6.07) is 6.06. The van der Waals surface area contributed by atoms with E-state index in [1.165, 1.54) is 6.07 Å². The Kier molecular flexibility index (Phi) is 5.06. The second kappa shape index (κ2) is 6.32. The van der Waals surface area contributed by atoms with Crippen LogP contribution < -0.4 is 5.32 Å². The van der Waals surface area contributed by atoms with Gasteiger partial charge < -0.3 is 15.5 Å². The van der Waals surface area contributed by atoms with Gasteiger partial charge in [-0.3, -0.25) is 4.79 Å². The van der Waals surface area contributed by atoms with Gasteiger partial charge in [-0.15, -0.1) is 0 Å². The van der Waals surface area contributed by atoms with E-state index in [4.69, 9.17) is 5.11 Å². The van der Waals surface area contributed by atoms with Gasteiger partial charge in [0.1, 0.15) is 5.82 Å². The molecule has 94 valence electrons. The Morgan fingerprint density at radius 2 is 2.12 bits per heavy atom. The Morgan fingerprint density at radius 3 is 2.71 bits per heavy atom. The molecular weight excluding hydrogens is 225 g/mol. The number of hydrogen-bond acceptors (Lipinski definition) is 3. The van der Waals surface area contributed by atoms with Crippen LogP contribution in [0.15, 0.2) is 24.3 Å². The molecule has 0 fully saturated rings. The highest BCUT2D eigenvalue weighted by Gasteiger charge is 2.13. The van der Waals surface area contributed by atoms with Gasteiger partial charge in [-0.25, -0.2) is 4.39 Å². The predicted octanol–water partition coefficient (Wildman–Crippen LogP) is 1.31. The molecule has 0 radical (unpaired) electrons. The molecule has 17 heavy (non-hydrogen) atoms. The molecule has 0 saturated carbocycles. The van der Waals surface area contributed by atoms with Crippen molar-refractivity contribution in [3.63, 3.8) is 0 Å². The van der Waals surface area contributed by atoms with Crippen molar-refractivity contribution in [3.8, 4) is 0 Å². The molecule has 0 saturated heterocycles. The van der Waals surface area contributed by atoms with E-state index in [-0.39, 0.29) is 24.8 Å². The average molecular weight is 241 g/mol. The molecule has 4 nitrogen and oxygen atoms in total. The molecule has 1 aromatic rings. The number of carbonyl (C=O) groups is 1. The molecule has 0 bridgehead atoms. The molecular formula is C12H16FNO3. The van der Waals surface area contributed by atoms with E-state index >= 15 is 0 Å². The summed E-state index contributed by atoms with van der Waals surface area (Å²) < 4.78 is 13.4. The Labute approximate surface area is 99.1 Å². The molecule has 0 spiro atoms. The number of aliphatic hydroxyl groups is 1. The number of benzene rings is 1. The number of carboxylic acids is 1. The number of halogens is 1. The Balaban J connectivity index is 2.47. The van der Waals surface area contributed by atoms with Crippen molar-refractivity contribution in [1.29, 1.82) is 0 Å². The number of rotatable bonds is 6. The second-order valence-electron chi connectivity index (χ2n) is 3.90. The van der Waals surface area contributed by atoms with Crippen LogP contribution in [-0.2, 0) is 4.79 Å². The molecule has 2 atom stereocenters. The van der Waals surface area contributed by atoms with Crippen molar-refractivity contribution in [2.75, 3.05) is 6.54 Å². The van der Waals surface area contributed by atoms with Crippen molar-refractivity contribution < 1.29 is 19.4 Å². The Morgan fingerprint density at radius 1 is 1.47 bits per heavy atom. The second-order valence-corrected chi connectivity index (χ2v) is 3.90. The van der Waals surface area contributed by atoms with Crippen LogP contribution in [0.5, 0.6) is 0 Å². The minimum Gasteiger partial charge on any atom is -0.481 e. The van der Waals surface area contributed by atoms with Gasteiger partial charge in [-0.1, -0.05) is 18.2 Å². The Bertz CT molecular complexity index is 384. The first-order valence-corrected chi connectivity index (χ1v) is 5.38. The first kappa shape index (κ1) is 13.6. The summed E-state index contributed by atoms with van der Waals surface area (Å²) >= 11 is 0. The van der Waals surface area contributed by atoms with Gasteiger partial charge in [0, 0.05) is 18.2 Å². The van der Waals surface area contributed by atoms with Gasteiger partial charge in [0.2, 0.25) is 0 Å². The van der Waals surface area contributed by atoms with Crippen LogP contribution in [0.25, 0.3) is 0 Å². The third-order valence-corrected chi connectivity index (χ3v) is 2.44. The van der Waals surface area contributed by atoms with Crippen LogP contribution in [0.3, 0.4) is 0 Å². The number of aliphatic carboxylic acids is 1. The third-order valence-electron chi connectivity index (χ3n) is 2.44. The topological polar surface area (TPSA) is 69.6 Å². The summed E-state index contributed by atoms with van der Waals surface area (Å²) in [6.07, 6.45) is -1.29. The number of carboxylic acid groups (broad SMARTS) is 1. The summed E-state index contributed by atoms with van der Waals surface area (Å²) in [6.45, 7) is 1.87. The maximum atomic E-state index is 13.4. The van der Waals surface area contributed by atoms with Crippen molar-refractivity contribution >= 4 is 5.97 Å². The summed E-state index contributed by atoms with van der Waals surface area (Å²) in [4.78, 5) is 10.3. The monoisotopic (exact) mass is 241 g/mol. The maximum Gasteiger partial charge on any atom is 0.306 e. The molecule has 5 heteroatoms. The van der Waals surface area contributed by atoms with Crippen LogP contribution in [0.4, 0.5) is 4.39 Å². The van der Waals surface area contributed by atoms with Crippen LogP contribution in [-0.4, -0.2) is 28.8 Å². The van der Waals surface area contributed by atoms with E-state index < -0.39 is 12.1 Å². The van der Waals surface area contributed by atoms with E-state index in [9.17, 15) is 14.3 Å². The summed E-state index contributed by atoms with van der Waals surface area (Å²) in [5.74, 6) is -1.38. The van der Waals surface area contributed by atoms with Crippen molar-refractivity contribution in [2.45, 2.75) is 25.5 Å². The van der Waals surface area contributed by atoms with E-state index in [0.29, 0.717) is 5.56 Å². The third kappa shape index (κ3) is 4.50. The molecule has 0 aliphatic carbocycles. The quantitative estimate of drug-likeness (QED) is 0.702. The van der Waals surface area contributed by atoms with Crippen LogP contribution >= 0.6 is 0 Å². The van der Waals surface area contributed by atoms with Gasteiger partial charge in [0.05, 0.1) is 12.5 Å². The molecule has 0 amide bonds. The molecule has 0 aromatic heterocycles. The van der Waals surface area contributed by atoms with Gasteiger partial charge in [0.25, 0.3) is 0 Å². The molecule has 3 N–H and O–H groups in total. The fourth-order valence-electron chi connectivity index (χ4n) is 1.52. The Hall–Kier alpha value is -1.46. The normalized spacial score (nSPS) is 14.3. The highest BCUT2D eigenvalue weighted by Crippen LogP contribution is 2.15. The van der Waals surface area contributed by atoms with Gasteiger partial charge >= 0.3 is 5.97 Å². The van der Waals surface area contributed by atoms with E-state index in [0.717, 1.165) is 0 Å². The molecule has 1 aromatic carbocycles. The first-order valence-electron chi connectivity index (χ1n) is 5.38. The van der Waals surface area contributed by atoms with Gasteiger partial charge in [0.15, 0.2) is 0 Å². The number of aliphatic hydroxyl groups excluding tert-OH is 1. The highest BCUT2D eigenvalue weighted by atomic mass is 19.1. The maximum absolute atomic E-state index is 13.4. The lowest BCUT2D eigenvalue weighted by Gasteiger charge is -2.17. The summed E-state index contributed by atoms with van der Waals surface area (Å²) in [7, 11) is 0. The van der Waals surface area contributed by atoms with Crippen LogP contribution in [0.1, 0.15) is 24.9 Å². The lowest BCUT2D eigenvalue weighted by molar-refractivity contribution is -0.139. The minimum absolute atomic E-state index is 0.113. The van der Waals surface area contributed by atoms with Crippen LogP contribution in [0, 0.1) is 5.82 Å². The highest BCUT2D eigenvalue weighted by molar-refractivity contribution is 5.67. The summed E-state index contributed by atoms with van der Waals surface area (Å²) in [5.41, 5.74) is 0.495. The minimum atomic E-state index is -1.06. The zero-order valence-electron chi connectivity index (χ0n) is 9.56. The van der Waals surface area contributed by atoms with E-state index in [1.54, 1.807) is 25.1 Å². The van der Waals surface area contributed by atoms with Crippen molar-refractivity contribution in [2.24, 2.45) is 0 Å². The smallest absolute Gasteiger partial charge is 0.306 e. The average Bonchev–Trinajstić information content (AvgIpc) is 2.25. The fourth-order valence-corrected chi connectivity index (χ4v) is 1.52. The SMILES string of the molecule is CC(NCC(O)CC(=O)O)c1ccccc1F. The first-order chi connectivity index (χ1) is 8.00. The van der Waals surface area contributed by atoms with Crippen molar-refractivity contribution in [3.05, 3.63) is 35.6 Å². The standard InChI is InChI=1S/C12H16FNO3/c1-8(10-4-2-3-5-11(10)13)14-7-9(15)6-12(16)17/h2-5,8-9,14-15H,6-7H2,1H3,(H,16,17). The largest absolute Gasteiger partial charge is 0.481 e. The summed E-state index contributed by atoms with van der Waals surface area (Å²) in [5, 5.41) is 20.7. The van der Waals surface area contributed by atoms with Gasteiger partial charge in [-0.2, -0.15) is 0 Å². The predicted molar refractivity (Wildman–Crippen MR) is 61.1 cm³/mol.